The molecule has 194 valence electrons. The molecule has 1 aromatic carbocycles. The number of nitrogens with one attached hydrogen (secondary N) is 3. The third kappa shape index (κ3) is 8.80. The maximum atomic E-state index is 5.56. The van der Waals surface area contributed by atoms with Crippen molar-refractivity contribution in [3.8, 4) is 11.5 Å². The van der Waals surface area contributed by atoms with Crippen molar-refractivity contribution in [2.24, 2.45) is 5.73 Å². The number of ether oxygens (including phenoxy) is 4. The van der Waals surface area contributed by atoms with Crippen molar-refractivity contribution >= 4 is 17.8 Å². The summed E-state index contributed by atoms with van der Waals surface area (Å²) < 4.78 is 21.8. The second-order valence-electron chi connectivity index (χ2n) is 7.43. The lowest BCUT2D eigenvalue weighted by atomic mass is 10.2. The lowest BCUT2D eigenvalue weighted by Crippen LogP contribution is -2.17. The van der Waals surface area contributed by atoms with E-state index >= 15 is 0 Å². The summed E-state index contributed by atoms with van der Waals surface area (Å²) in [6, 6.07) is 11.4. The van der Waals surface area contributed by atoms with Gasteiger partial charge in [0.25, 0.3) is 0 Å². The molecule has 36 heavy (non-hydrogen) atoms. The molecule has 2 heterocycles. The molecular weight excluding hydrogens is 464 g/mol. The fourth-order valence-electron chi connectivity index (χ4n) is 3.19. The van der Waals surface area contributed by atoms with Gasteiger partial charge in [-0.1, -0.05) is 18.2 Å². The monoisotopic (exact) mass is 498 g/mol. The number of hydrogen-bond donors (Lipinski definition) is 4. The highest BCUT2D eigenvalue weighted by atomic mass is 16.5. The second kappa shape index (κ2) is 15.3. The molecule has 3 rings (SSSR count). The number of anilines is 3. The Labute approximate surface area is 211 Å². The molecule has 0 unspecified atom stereocenters. The van der Waals surface area contributed by atoms with Crippen LogP contribution in [0, 0.1) is 0 Å². The lowest BCUT2D eigenvalue weighted by molar-refractivity contribution is 0.0547. The molecule has 0 atom stereocenters. The van der Waals surface area contributed by atoms with Crippen molar-refractivity contribution < 1.29 is 18.9 Å². The van der Waals surface area contributed by atoms with Gasteiger partial charge in [-0.25, -0.2) is 0 Å². The van der Waals surface area contributed by atoms with Gasteiger partial charge in [0.05, 0.1) is 52.9 Å². The van der Waals surface area contributed by atoms with E-state index in [0.29, 0.717) is 82.0 Å². The first-order valence-electron chi connectivity index (χ1n) is 11.7. The molecule has 0 fully saturated rings. The highest BCUT2D eigenvalue weighted by Crippen LogP contribution is 2.31. The third-order valence-electron chi connectivity index (χ3n) is 4.87. The van der Waals surface area contributed by atoms with Crippen molar-refractivity contribution in [1.29, 1.82) is 0 Å². The van der Waals surface area contributed by atoms with E-state index < -0.39 is 0 Å². The Balaban J connectivity index is 1.64. The number of aromatic nitrogens is 4. The molecule has 0 bridgehead atoms. The van der Waals surface area contributed by atoms with Crippen LogP contribution in [0.1, 0.15) is 11.3 Å². The average Bonchev–Trinajstić information content (AvgIpc) is 2.92. The highest BCUT2D eigenvalue weighted by molar-refractivity contribution is 5.49. The summed E-state index contributed by atoms with van der Waals surface area (Å²) in [5.41, 5.74) is 7.17. The summed E-state index contributed by atoms with van der Waals surface area (Å²) in [4.78, 5) is 17.8. The Kier molecular flexibility index (Phi) is 11.4. The number of benzene rings is 1. The van der Waals surface area contributed by atoms with Gasteiger partial charge in [-0.2, -0.15) is 15.0 Å². The summed E-state index contributed by atoms with van der Waals surface area (Å²) in [6.45, 7) is 3.91. The van der Waals surface area contributed by atoms with Crippen LogP contribution in [0.15, 0.2) is 42.6 Å². The summed E-state index contributed by atoms with van der Waals surface area (Å²) in [5, 5.41) is 9.62. The number of rotatable bonds is 17. The summed E-state index contributed by atoms with van der Waals surface area (Å²) in [7, 11) is 3.22. The minimum Gasteiger partial charge on any atom is -0.493 e. The van der Waals surface area contributed by atoms with Crippen molar-refractivity contribution in [2.45, 2.75) is 13.1 Å². The standard InChI is InChI=1S/C24H34N8O4/c1-33-20-8-5-6-18(21(20)34-2)16-28-23-30-22(27-11-13-36-15-14-35-12-9-25)31-24(32-23)29-17-19-7-3-4-10-26-19/h3-8,10H,9,11-17,25H2,1-2H3,(H3,27,28,29,30,31,32). The smallest absolute Gasteiger partial charge is 0.229 e. The van der Waals surface area contributed by atoms with Crippen LogP contribution in [-0.2, 0) is 22.6 Å². The number of pyridine rings is 1. The lowest BCUT2D eigenvalue weighted by Gasteiger charge is -2.14. The van der Waals surface area contributed by atoms with E-state index in [1.165, 1.54) is 0 Å². The molecule has 0 amide bonds. The Bertz CT molecular complexity index is 1040. The zero-order valence-corrected chi connectivity index (χ0v) is 20.7. The Morgan fingerprint density at radius 3 is 2.14 bits per heavy atom. The molecule has 12 heteroatoms. The van der Waals surface area contributed by atoms with E-state index in [2.05, 4.69) is 35.9 Å². The van der Waals surface area contributed by atoms with Gasteiger partial charge in [0.1, 0.15) is 0 Å². The van der Waals surface area contributed by atoms with Gasteiger partial charge >= 0.3 is 0 Å². The molecule has 2 aromatic heterocycles. The maximum Gasteiger partial charge on any atom is 0.229 e. The van der Waals surface area contributed by atoms with Crippen molar-refractivity contribution in [2.75, 3.05) is 69.7 Å². The van der Waals surface area contributed by atoms with Crippen LogP contribution in [0.5, 0.6) is 11.5 Å². The first-order chi connectivity index (χ1) is 17.7. The topological polar surface area (TPSA) is 151 Å². The number of hydrogen-bond acceptors (Lipinski definition) is 12. The number of para-hydroxylation sites is 1. The van der Waals surface area contributed by atoms with Crippen LogP contribution >= 0.6 is 0 Å². The van der Waals surface area contributed by atoms with Crippen LogP contribution in [0.3, 0.4) is 0 Å². The summed E-state index contributed by atoms with van der Waals surface area (Å²) >= 11 is 0. The Morgan fingerprint density at radius 1 is 0.750 bits per heavy atom. The van der Waals surface area contributed by atoms with Crippen LogP contribution in [0.4, 0.5) is 17.8 Å². The van der Waals surface area contributed by atoms with E-state index in [9.17, 15) is 0 Å². The average molecular weight is 499 g/mol. The van der Waals surface area contributed by atoms with Crippen LogP contribution in [-0.4, -0.2) is 73.7 Å². The fraction of sp³-hybridized carbons (Fsp3) is 0.417. The summed E-state index contributed by atoms with van der Waals surface area (Å²) in [6.07, 6.45) is 1.74. The minimum atomic E-state index is 0.400. The van der Waals surface area contributed by atoms with Gasteiger partial charge in [0, 0.05) is 31.4 Å². The minimum absolute atomic E-state index is 0.400. The highest BCUT2D eigenvalue weighted by Gasteiger charge is 2.11. The van der Waals surface area contributed by atoms with Crippen molar-refractivity contribution in [1.82, 2.24) is 19.9 Å². The molecule has 0 saturated carbocycles. The summed E-state index contributed by atoms with van der Waals surface area (Å²) in [5.74, 6) is 2.53. The van der Waals surface area contributed by atoms with Crippen LogP contribution < -0.4 is 31.2 Å². The van der Waals surface area contributed by atoms with Gasteiger partial charge in [0.15, 0.2) is 11.5 Å². The molecule has 0 radical (unpaired) electrons. The van der Waals surface area contributed by atoms with Crippen molar-refractivity contribution in [3.63, 3.8) is 0 Å². The molecule has 0 spiro atoms. The molecular formula is C24H34N8O4. The SMILES string of the molecule is COc1cccc(CNc2nc(NCCOCCOCCN)nc(NCc3ccccn3)n2)c1OC. The largest absolute Gasteiger partial charge is 0.493 e. The molecule has 0 aliphatic rings. The van der Waals surface area contributed by atoms with Crippen LogP contribution in [0.2, 0.25) is 0 Å². The van der Waals surface area contributed by atoms with Crippen LogP contribution in [0.25, 0.3) is 0 Å². The zero-order chi connectivity index (χ0) is 25.4. The molecule has 0 saturated heterocycles. The molecule has 5 N–H and O–H groups in total. The number of methoxy groups -OCH3 is 2. The van der Waals surface area contributed by atoms with E-state index in [4.69, 9.17) is 24.7 Å². The fourth-order valence-corrected chi connectivity index (χ4v) is 3.19. The van der Waals surface area contributed by atoms with Gasteiger partial charge < -0.3 is 40.6 Å². The Morgan fingerprint density at radius 2 is 1.47 bits per heavy atom. The molecule has 0 aliphatic carbocycles. The zero-order valence-electron chi connectivity index (χ0n) is 20.7. The van der Waals surface area contributed by atoms with Gasteiger partial charge in [-0.05, 0) is 18.2 Å². The van der Waals surface area contributed by atoms with Gasteiger partial charge in [0.2, 0.25) is 17.8 Å². The van der Waals surface area contributed by atoms with Crippen molar-refractivity contribution in [3.05, 3.63) is 53.9 Å². The quantitative estimate of drug-likeness (QED) is 0.201. The normalized spacial score (nSPS) is 10.6. The number of nitrogens with two attached hydrogens (primary N) is 1. The van der Waals surface area contributed by atoms with Gasteiger partial charge in [-0.15, -0.1) is 0 Å². The molecule has 3 aromatic rings. The predicted octanol–water partition coefficient (Wildman–Crippen LogP) is 1.91. The second-order valence-corrected chi connectivity index (χ2v) is 7.43. The van der Waals surface area contributed by atoms with E-state index in [-0.39, 0.29) is 0 Å². The molecule has 12 nitrogen and oxygen atoms in total. The third-order valence-corrected chi connectivity index (χ3v) is 4.87. The molecule has 0 aliphatic heterocycles. The predicted molar refractivity (Wildman–Crippen MR) is 137 cm³/mol. The van der Waals surface area contributed by atoms with E-state index in [1.54, 1.807) is 20.4 Å². The first kappa shape index (κ1) is 26.9. The number of nitrogens with zero attached hydrogens (tertiary/aromatic N) is 4. The van der Waals surface area contributed by atoms with Gasteiger partial charge in [-0.3, -0.25) is 4.98 Å². The van der Waals surface area contributed by atoms with E-state index in [0.717, 1.165) is 11.3 Å². The Hall–Kier alpha value is -3.74. The first-order valence-corrected chi connectivity index (χ1v) is 11.7. The van der Waals surface area contributed by atoms with E-state index in [1.807, 2.05) is 36.4 Å². The maximum absolute atomic E-state index is 5.56.